The molecule has 0 aromatic heterocycles. The van der Waals surface area contributed by atoms with Crippen molar-refractivity contribution < 1.29 is 9.59 Å². The first kappa shape index (κ1) is 16.2. The maximum Gasteiger partial charge on any atom is 0.206 e. The zero-order valence-electron chi connectivity index (χ0n) is 12.0. The summed E-state index contributed by atoms with van der Waals surface area (Å²) in [6.45, 7) is 3.88. The minimum absolute atomic E-state index is 0.00971. The molecule has 0 aromatic carbocycles. The van der Waals surface area contributed by atoms with Crippen LogP contribution in [0, 0.1) is 10.8 Å². The number of halogens is 2. The van der Waals surface area contributed by atoms with Crippen LogP contribution in [0.3, 0.4) is 0 Å². The summed E-state index contributed by atoms with van der Waals surface area (Å²) in [5.74, 6) is 0.290. The van der Waals surface area contributed by atoms with Gasteiger partial charge in [0.2, 0.25) is 5.78 Å². The Morgan fingerprint density at radius 3 is 2.35 bits per heavy atom. The molecule has 0 amide bonds. The monoisotopic (exact) mass is 402 g/mol. The molecule has 0 aliphatic heterocycles. The third-order valence-electron chi connectivity index (χ3n) is 4.75. The van der Waals surface area contributed by atoms with Crippen LogP contribution in [0.1, 0.15) is 52.4 Å². The normalized spacial score (nSPS) is 28.5. The molecule has 0 N–H and O–H groups in total. The number of Topliss-reactive ketones (excluding diaryl/α,β-unsaturated/α-hetero) is 2. The number of unbranched alkanes of at least 4 members (excludes halogenated alkanes) is 1. The predicted molar refractivity (Wildman–Crippen MR) is 88.0 cm³/mol. The van der Waals surface area contributed by atoms with Crippen molar-refractivity contribution in [3.63, 3.8) is 0 Å². The zero-order valence-corrected chi connectivity index (χ0v) is 15.1. The summed E-state index contributed by atoms with van der Waals surface area (Å²) in [6.07, 6.45) is 9.87. The number of carbonyl (C=O) groups excluding carboxylic acids is 2. The van der Waals surface area contributed by atoms with Gasteiger partial charge >= 0.3 is 0 Å². The highest BCUT2D eigenvalue weighted by atomic mass is 79.9. The summed E-state index contributed by atoms with van der Waals surface area (Å²) in [5, 5.41) is 0. The van der Waals surface area contributed by atoms with Gasteiger partial charge in [-0.3, -0.25) is 9.59 Å². The van der Waals surface area contributed by atoms with E-state index in [9.17, 15) is 9.59 Å². The molecule has 1 saturated carbocycles. The molecular formula is C16H20Br2O2. The lowest BCUT2D eigenvalue weighted by atomic mass is 9.73. The molecule has 0 radical (unpaired) electrons. The third kappa shape index (κ3) is 2.87. The number of carbonyl (C=O) groups is 2. The molecule has 2 aliphatic rings. The van der Waals surface area contributed by atoms with E-state index in [1.165, 1.54) is 0 Å². The van der Waals surface area contributed by atoms with Crippen LogP contribution in [0.5, 0.6) is 0 Å². The molecule has 2 rings (SSSR count). The summed E-state index contributed by atoms with van der Waals surface area (Å²) >= 11 is 6.72. The van der Waals surface area contributed by atoms with Crippen molar-refractivity contribution in [1.82, 2.24) is 0 Å². The summed E-state index contributed by atoms with van der Waals surface area (Å²) in [6, 6.07) is 0. The van der Waals surface area contributed by atoms with Crippen molar-refractivity contribution in [1.29, 1.82) is 0 Å². The van der Waals surface area contributed by atoms with Gasteiger partial charge in [0.25, 0.3) is 0 Å². The molecule has 4 heteroatoms. The van der Waals surface area contributed by atoms with Gasteiger partial charge in [-0.25, -0.2) is 0 Å². The van der Waals surface area contributed by atoms with Gasteiger partial charge in [0.15, 0.2) is 0 Å². The molecule has 0 unspecified atom stereocenters. The Morgan fingerprint density at radius 1 is 1.25 bits per heavy atom. The van der Waals surface area contributed by atoms with E-state index < -0.39 is 0 Å². The van der Waals surface area contributed by atoms with E-state index in [-0.39, 0.29) is 16.6 Å². The van der Waals surface area contributed by atoms with E-state index in [1.54, 1.807) is 6.92 Å². The van der Waals surface area contributed by atoms with Crippen molar-refractivity contribution in [3.05, 3.63) is 21.1 Å². The second-order valence-corrected chi connectivity index (χ2v) is 7.87. The van der Waals surface area contributed by atoms with E-state index in [1.807, 2.05) is 12.2 Å². The Hall–Kier alpha value is -0.220. The minimum Gasteiger partial charge on any atom is -0.299 e. The third-order valence-corrected chi connectivity index (χ3v) is 5.93. The Balaban J connectivity index is 2.30. The molecule has 1 spiro atoms. The Morgan fingerprint density at radius 2 is 1.85 bits per heavy atom. The van der Waals surface area contributed by atoms with Crippen molar-refractivity contribution >= 4 is 43.4 Å². The van der Waals surface area contributed by atoms with Crippen LogP contribution in [0.15, 0.2) is 21.1 Å². The molecular weight excluding hydrogens is 384 g/mol. The Kier molecular flexibility index (Phi) is 4.75. The largest absolute Gasteiger partial charge is 0.299 e. The average molecular weight is 404 g/mol. The fourth-order valence-electron chi connectivity index (χ4n) is 3.52. The maximum absolute atomic E-state index is 12.2. The number of allylic oxidation sites excluding steroid dienone is 4. The molecule has 2 aliphatic carbocycles. The van der Waals surface area contributed by atoms with E-state index >= 15 is 0 Å². The van der Waals surface area contributed by atoms with Crippen LogP contribution in [-0.2, 0) is 9.59 Å². The van der Waals surface area contributed by atoms with Gasteiger partial charge in [0.1, 0.15) is 5.78 Å². The molecule has 110 valence electrons. The first-order valence-corrected chi connectivity index (χ1v) is 8.75. The highest BCUT2D eigenvalue weighted by Gasteiger charge is 2.49. The van der Waals surface area contributed by atoms with Crippen LogP contribution >= 0.6 is 31.9 Å². The van der Waals surface area contributed by atoms with Crippen LogP contribution in [0.2, 0.25) is 0 Å². The van der Waals surface area contributed by atoms with Crippen LogP contribution in [0.25, 0.3) is 0 Å². The van der Waals surface area contributed by atoms with Crippen molar-refractivity contribution in [2.45, 2.75) is 52.4 Å². The maximum atomic E-state index is 12.2. The topological polar surface area (TPSA) is 34.1 Å². The smallest absolute Gasteiger partial charge is 0.206 e. The van der Waals surface area contributed by atoms with Crippen molar-refractivity contribution in [2.75, 3.05) is 0 Å². The second kappa shape index (κ2) is 5.88. The number of hydrogen-bond acceptors (Lipinski definition) is 2. The SMILES string of the molecule is CCCC[C@]1(C(C)=O)CCC2(C=C(Br)C(=O)C(Br)=C2)C1. The van der Waals surface area contributed by atoms with Crippen molar-refractivity contribution in [2.24, 2.45) is 10.8 Å². The molecule has 0 aromatic rings. The van der Waals surface area contributed by atoms with Gasteiger partial charge in [-0.1, -0.05) is 31.9 Å². The van der Waals surface area contributed by atoms with Gasteiger partial charge in [-0.2, -0.15) is 0 Å². The van der Waals surface area contributed by atoms with Crippen LogP contribution in [0.4, 0.5) is 0 Å². The standard InChI is InChI=1S/C16H20Br2O2/c1-3-4-5-16(11(2)19)7-6-15(10-16)8-12(17)14(20)13(18)9-15/h8-9H,3-7,10H2,1-2H3/t16-/m0/s1. The highest BCUT2D eigenvalue weighted by molar-refractivity contribution is 9.13. The van der Waals surface area contributed by atoms with Crippen LogP contribution in [-0.4, -0.2) is 11.6 Å². The van der Waals surface area contributed by atoms with Gasteiger partial charge in [0.05, 0.1) is 8.96 Å². The van der Waals surface area contributed by atoms with Gasteiger partial charge < -0.3 is 0 Å². The first-order chi connectivity index (χ1) is 9.34. The molecule has 20 heavy (non-hydrogen) atoms. The first-order valence-electron chi connectivity index (χ1n) is 7.17. The van der Waals surface area contributed by atoms with E-state index in [0.717, 1.165) is 38.5 Å². The zero-order chi connectivity index (χ0) is 15.0. The molecule has 0 saturated heterocycles. The average Bonchev–Trinajstić information content (AvgIpc) is 2.74. The number of ketones is 2. The molecule has 0 heterocycles. The molecule has 0 bridgehead atoms. The van der Waals surface area contributed by atoms with Gasteiger partial charge in [-0.15, -0.1) is 0 Å². The summed E-state index contributed by atoms with van der Waals surface area (Å²) in [4.78, 5) is 24.0. The minimum atomic E-state index is -0.204. The van der Waals surface area contributed by atoms with Gasteiger partial charge in [0, 0.05) is 10.8 Å². The second-order valence-electron chi connectivity index (χ2n) is 6.16. The fourth-order valence-corrected chi connectivity index (χ4v) is 5.13. The number of hydrogen-bond donors (Lipinski definition) is 0. The summed E-state index contributed by atoms with van der Waals surface area (Å²) < 4.78 is 1.23. The van der Waals surface area contributed by atoms with Gasteiger partial charge in [-0.05, 0) is 64.5 Å². The van der Waals surface area contributed by atoms with Crippen LogP contribution < -0.4 is 0 Å². The Bertz CT molecular complexity index is 483. The fraction of sp³-hybridized carbons (Fsp3) is 0.625. The van der Waals surface area contributed by atoms with Crippen molar-refractivity contribution in [3.8, 4) is 0 Å². The molecule has 1 fully saturated rings. The molecule has 2 nitrogen and oxygen atoms in total. The van der Waals surface area contributed by atoms with E-state index in [2.05, 4.69) is 38.8 Å². The van der Waals surface area contributed by atoms with E-state index in [4.69, 9.17) is 0 Å². The Labute approximate surface area is 137 Å². The number of rotatable bonds is 4. The van der Waals surface area contributed by atoms with E-state index in [0.29, 0.717) is 14.7 Å². The summed E-state index contributed by atoms with van der Waals surface area (Å²) in [7, 11) is 0. The lowest BCUT2D eigenvalue weighted by molar-refractivity contribution is -0.127. The molecule has 1 atom stereocenters. The predicted octanol–water partition coefficient (Wildman–Crippen LogP) is 5.06. The lowest BCUT2D eigenvalue weighted by Crippen LogP contribution is -2.29. The highest BCUT2D eigenvalue weighted by Crippen LogP contribution is 2.56. The summed E-state index contributed by atoms with van der Waals surface area (Å²) in [5.41, 5.74) is -0.352. The quantitative estimate of drug-likeness (QED) is 0.657. The lowest BCUT2D eigenvalue weighted by Gasteiger charge is -2.31.